The van der Waals surface area contributed by atoms with E-state index in [1.165, 1.54) is 0 Å². The van der Waals surface area contributed by atoms with Crippen LogP contribution in [0, 0.1) is 13.8 Å². The van der Waals surface area contributed by atoms with Gasteiger partial charge in [-0.05, 0) is 56.5 Å². The number of hydrogen-bond donors (Lipinski definition) is 1. The fourth-order valence-electron chi connectivity index (χ4n) is 2.81. The first-order valence-electron chi connectivity index (χ1n) is 7.35. The largest absolute Gasteiger partial charge is 0.492 e. The van der Waals surface area contributed by atoms with Crippen molar-refractivity contribution in [1.82, 2.24) is 4.90 Å². The zero-order valence-corrected chi connectivity index (χ0v) is 13.3. The molecule has 2 rings (SSSR count). The molecule has 1 N–H and O–H groups in total. The van der Waals surface area contributed by atoms with E-state index in [0.29, 0.717) is 13.2 Å². The molecule has 1 aliphatic heterocycles. The van der Waals surface area contributed by atoms with Gasteiger partial charge < -0.3 is 9.84 Å². The van der Waals surface area contributed by atoms with Crippen molar-refractivity contribution in [3.8, 4) is 5.75 Å². The Morgan fingerprint density at radius 3 is 2.67 bits per heavy atom. The van der Waals surface area contributed by atoms with Gasteiger partial charge in [-0.15, -0.1) is 0 Å². The van der Waals surface area contributed by atoms with Crippen LogP contribution >= 0.6 is 11.6 Å². The lowest BCUT2D eigenvalue weighted by atomic mass is 10.0. The van der Waals surface area contributed by atoms with Crippen molar-refractivity contribution in [2.45, 2.75) is 39.2 Å². The Labute approximate surface area is 130 Å². The van der Waals surface area contributed by atoms with Crippen molar-refractivity contribution in [3.63, 3.8) is 0 Å². The molecule has 0 radical (unpaired) electrons. The summed E-state index contributed by atoms with van der Waals surface area (Å²) in [5, 5.41) is 10.00. The molecule has 116 valence electrons. The molecule has 1 fully saturated rings. The van der Waals surface area contributed by atoms with E-state index >= 15 is 0 Å². The van der Waals surface area contributed by atoms with Crippen LogP contribution in [0.1, 0.15) is 30.4 Å². The number of rotatable bonds is 5. The molecule has 1 saturated heterocycles. The second-order valence-electron chi connectivity index (χ2n) is 5.61. The van der Waals surface area contributed by atoms with Gasteiger partial charge in [-0.2, -0.15) is 0 Å². The monoisotopic (exact) mass is 311 g/mol. The number of aryl methyl sites for hydroxylation is 2. The van der Waals surface area contributed by atoms with Gasteiger partial charge in [-0.1, -0.05) is 18.0 Å². The summed E-state index contributed by atoms with van der Waals surface area (Å²) < 4.78 is 5.76. The highest BCUT2D eigenvalue weighted by atomic mass is 35.5. The summed E-state index contributed by atoms with van der Waals surface area (Å²) in [6.45, 7) is 5.86. The van der Waals surface area contributed by atoms with Crippen molar-refractivity contribution < 1.29 is 14.6 Å². The Morgan fingerprint density at radius 2 is 2.05 bits per heavy atom. The molecule has 5 heteroatoms. The van der Waals surface area contributed by atoms with Crippen molar-refractivity contribution >= 4 is 17.6 Å². The lowest BCUT2D eigenvalue weighted by Gasteiger charge is -2.32. The minimum absolute atomic E-state index is 0.365. The Balaban J connectivity index is 1.90. The average molecular weight is 312 g/mol. The van der Waals surface area contributed by atoms with Crippen molar-refractivity contribution in [2.24, 2.45) is 0 Å². The summed E-state index contributed by atoms with van der Waals surface area (Å²) in [6.07, 6.45) is 2.78. The van der Waals surface area contributed by atoms with Gasteiger partial charge in [0, 0.05) is 11.6 Å². The summed E-state index contributed by atoms with van der Waals surface area (Å²) >= 11 is 6.13. The van der Waals surface area contributed by atoms with Gasteiger partial charge in [-0.3, -0.25) is 9.69 Å². The van der Waals surface area contributed by atoms with Gasteiger partial charge in [0.2, 0.25) is 0 Å². The number of aliphatic carboxylic acids is 1. The van der Waals surface area contributed by atoms with Crippen LogP contribution in [0.4, 0.5) is 0 Å². The fraction of sp³-hybridized carbons (Fsp3) is 0.562. The number of ether oxygens (including phenoxy) is 1. The predicted octanol–water partition coefficient (Wildman–Crippen LogP) is 3.27. The highest BCUT2D eigenvalue weighted by Crippen LogP contribution is 2.26. The summed E-state index contributed by atoms with van der Waals surface area (Å²) in [7, 11) is 0. The molecular weight excluding hydrogens is 290 g/mol. The van der Waals surface area contributed by atoms with E-state index in [-0.39, 0.29) is 6.04 Å². The number of piperidine rings is 1. The molecule has 0 aliphatic carbocycles. The predicted molar refractivity (Wildman–Crippen MR) is 83.3 cm³/mol. The maximum Gasteiger partial charge on any atom is 0.320 e. The van der Waals surface area contributed by atoms with Gasteiger partial charge in [0.25, 0.3) is 0 Å². The third-order valence-corrected chi connectivity index (χ3v) is 4.55. The van der Waals surface area contributed by atoms with E-state index in [4.69, 9.17) is 16.3 Å². The maximum atomic E-state index is 11.2. The Bertz CT molecular complexity index is 495. The highest BCUT2D eigenvalue weighted by molar-refractivity contribution is 6.32. The molecule has 1 aromatic rings. The van der Waals surface area contributed by atoms with E-state index in [2.05, 4.69) is 0 Å². The van der Waals surface area contributed by atoms with Gasteiger partial charge in [-0.25, -0.2) is 0 Å². The molecule has 0 aromatic heterocycles. The first-order chi connectivity index (χ1) is 9.99. The third kappa shape index (κ3) is 4.11. The number of benzene rings is 1. The zero-order chi connectivity index (χ0) is 15.4. The second kappa shape index (κ2) is 7.14. The van der Waals surface area contributed by atoms with Crippen molar-refractivity contribution in [3.05, 3.63) is 28.3 Å². The van der Waals surface area contributed by atoms with Crippen LogP contribution in [0.5, 0.6) is 5.75 Å². The highest BCUT2D eigenvalue weighted by Gasteiger charge is 2.27. The van der Waals surface area contributed by atoms with Crippen LogP contribution in [0.15, 0.2) is 12.1 Å². The molecule has 1 unspecified atom stereocenters. The van der Waals surface area contributed by atoms with Crippen LogP contribution in [-0.4, -0.2) is 41.7 Å². The van der Waals surface area contributed by atoms with E-state index in [1.54, 1.807) is 0 Å². The van der Waals surface area contributed by atoms with E-state index in [0.717, 1.165) is 47.7 Å². The van der Waals surface area contributed by atoms with Crippen LogP contribution in [-0.2, 0) is 4.79 Å². The van der Waals surface area contributed by atoms with Gasteiger partial charge in [0.05, 0.1) is 0 Å². The minimum atomic E-state index is -0.729. The van der Waals surface area contributed by atoms with Crippen LogP contribution in [0.2, 0.25) is 5.02 Å². The molecule has 0 saturated carbocycles. The van der Waals surface area contributed by atoms with Crippen LogP contribution < -0.4 is 4.74 Å². The van der Waals surface area contributed by atoms with Gasteiger partial charge in [0.15, 0.2) is 0 Å². The lowest BCUT2D eigenvalue weighted by Crippen LogP contribution is -2.46. The molecule has 1 atom stereocenters. The maximum absolute atomic E-state index is 11.2. The third-order valence-electron chi connectivity index (χ3n) is 3.96. The minimum Gasteiger partial charge on any atom is -0.492 e. The molecule has 0 amide bonds. The fourth-order valence-corrected chi connectivity index (χ4v) is 2.92. The van der Waals surface area contributed by atoms with E-state index in [1.807, 2.05) is 30.9 Å². The quantitative estimate of drug-likeness (QED) is 0.906. The number of nitrogens with zero attached hydrogens (tertiary/aromatic N) is 1. The number of hydrogen-bond acceptors (Lipinski definition) is 3. The number of likely N-dealkylation sites (tertiary alicyclic amines) is 1. The molecular formula is C16H22ClNO3. The van der Waals surface area contributed by atoms with Crippen molar-refractivity contribution in [1.29, 1.82) is 0 Å². The molecule has 0 spiro atoms. The van der Waals surface area contributed by atoms with Gasteiger partial charge >= 0.3 is 5.97 Å². The number of carboxylic acids is 1. The Morgan fingerprint density at radius 1 is 1.38 bits per heavy atom. The molecule has 0 bridgehead atoms. The summed E-state index contributed by atoms with van der Waals surface area (Å²) in [4.78, 5) is 13.2. The Kier molecular flexibility index (Phi) is 5.48. The number of carboxylic acid groups (broad SMARTS) is 1. The number of halogens is 1. The lowest BCUT2D eigenvalue weighted by molar-refractivity contribution is -0.144. The number of carbonyl (C=O) groups is 1. The second-order valence-corrected chi connectivity index (χ2v) is 5.98. The molecule has 21 heavy (non-hydrogen) atoms. The van der Waals surface area contributed by atoms with Crippen LogP contribution in [0.3, 0.4) is 0 Å². The summed E-state index contributed by atoms with van der Waals surface area (Å²) in [5.41, 5.74) is 1.99. The Hall–Kier alpha value is -1.26. The topological polar surface area (TPSA) is 49.8 Å². The smallest absolute Gasteiger partial charge is 0.320 e. The summed E-state index contributed by atoms with van der Waals surface area (Å²) in [6, 6.07) is 3.47. The van der Waals surface area contributed by atoms with Crippen LogP contribution in [0.25, 0.3) is 0 Å². The average Bonchev–Trinajstić information content (AvgIpc) is 2.45. The molecule has 1 aromatic carbocycles. The van der Waals surface area contributed by atoms with Crippen molar-refractivity contribution in [2.75, 3.05) is 19.7 Å². The summed E-state index contributed by atoms with van der Waals surface area (Å²) in [5.74, 6) is 0.0613. The zero-order valence-electron chi connectivity index (χ0n) is 12.6. The molecule has 1 aliphatic rings. The first kappa shape index (κ1) is 16.1. The normalized spacial score (nSPS) is 19.5. The molecule has 1 heterocycles. The molecule has 4 nitrogen and oxygen atoms in total. The van der Waals surface area contributed by atoms with Gasteiger partial charge in [0.1, 0.15) is 18.4 Å². The van der Waals surface area contributed by atoms with E-state index in [9.17, 15) is 9.90 Å². The SMILES string of the molecule is Cc1cc(OCCN2CCCCC2C(=O)O)cc(C)c1Cl. The first-order valence-corrected chi connectivity index (χ1v) is 7.73. The standard InChI is InChI=1S/C16H22ClNO3/c1-11-9-13(10-12(2)15(11)17)21-8-7-18-6-4-3-5-14(18)16(19)20/h9-10,14H,3-8H2,1-2H3,(H,19,20). The van der Waals surface area contributed by atoms with E-state index < -0.39 is 5.97 Å².